The predicted molar refractivity (Wildman–Crippen MR) is 117 cm³/mol. The topological polar surface area (TPSA) is 76.4 Å². The lowest BCUT2D eigenvalue weighted by molar-refractivity contribution is -0.136. The van der Waals surface area contributed by atoms with Gasteiger partial charge in [-0.1, -0.05) is 54.1 Å². The molecule has 0 aliphatic heterocycles. The first-order valence-corrected chi connectivity index (χ1v) is 11.1. The lowest BCUT2D eigenvalue weighted by Gasteiger charge is -2.10. The zero-order chi connectivity index (χ0) is 21.3. The highest BCUT2D eigenvalue weighted by atomic mass is 35.5. The van der Waals surface area contributed by atoms with Crippen LogP contribution in [0, 0.1) is 0 Å². The highest BCUT2D eigenvalue weighted by Gasteiger charge is 2.22. The fraction of sp³-hybridized carbons (Fsp3) is 0.0870. The van der Waals surface area contributed by atoms with E-state index in [0.717, 1.165) is 11.1 Å². The van der Waals surface area contributed by atoms with Gasteiger partial charge in [0.1, 0.15) is 0 Å². The van der Waals surface area contributed by atoms with Crippen LogP contribution >= 0.6 is 11.6 Å². The van der Waals surface area contributed by atoms with Crippen molar-refractivity contribution in [2.24, 2.45) is 0 Å². The number of carboxylic acid groups (broad SMARTS) is 1. The largest absolute Gasteiger partial charge is 0.481 e. The molecule has 4 rings (SSSR count). The molecule has 0 aliphatic rings. The number of carboxylic acids is 1. The molecule has 0 unspecified atom stereocenters. The molecule has 0 saturated heterocycles. The van der Waals surface area contributed by atoms with E-state index in [1.807, 2.05) is 36.4 Å². The Morgan fingerprint density at radius 1 is 0.933 bits per heavy atom. The quantitative estimate of drug-likeness (QED) is 0.447. The number of aromatic nitrogens is 1. The van der Waals surface area contributed by atoms with Crippen LogP contribution in [-0.2, 0) is 21.2 Å². The van der Waals surface area contributed by atoms with Crippen molar-refractivity contribution < 1.29 is 18.3 Å². The van der Waals surface area contributed by atoms with Crippen molar-refractivity contribution in [3.63, 3.8) is 0 Å². The zero-order valence-corrected chi connectivity index (χ0v) is 17.4. The third kappa shape index (κ3) is 3.84. The number of aryl methyl sites for hydroxylation is 1. The molecule has 0 saturated carbocycles. The summed E-state index contributed by atoms with van der Waals surface area (Å²) in [6, 6.07) is 21.2. The van der Waals surface area contributed by atoms with E-state index in [2.05, 4.69) is 0 Å². The zero-order valence-electron chi connectivity index (χ0n) is 15.8. The molecule has 0 bridgehead atoms. The first-order valence-electron chi connectivity index (χ1n) is 9.28. The second-order valence-electron chi connectivity index (χ2n) is 6.90. The maximum absolute atomic E-state index is 13.5. The van der Waals surface area contributed by atoms with Crippen LogP contribution in [0.4, 0.5) is 0 Å². The Hall–Kier alpha value is -3.09. The molecular formula is C23H18ClNO4S. The number of rotatable bonds is 6. The molecule has 0 radical (unpaired) electrons. The monoisotopic (exact) mass is 439 g/mol. The van der Waals surface area contributed by atoms with Crippen LogP contribution in [-0.4, -0.2) is 23.5 Å². The summed E-state index contributed by atoms with van der Waals surface area (Å²) >= 11 is 6.11. The summed E-state index contributed by atoms with van der Waals surface area (Å²) in [7, 11) is -3.90. The molecule has 0 amide bonds. The maximum Gasteiger partial charge on any atom is 0.303 e. The number of hydrogen-bond acceptors (Lipinski definition) is 3. The summed E-state index contributed by atoms with van der Waals surface area (Å²) in [5, 5.41) is 10.1. The molecule has 0 spiro atoms. The van der Waals surface area contributed by atoms with Gasteiger partial charge in [-0.25, -0.2) is 12.4 Å². The third-order valence-corrected chi connectivity index (χ3v) is 6.83. The number of aliphatic carboxylic acids is 1. The SMILES string of the molecule is O=C(O)CCc1cn(S(=O)(=O)c2cccc(-c3ccccc3)c2)c2ccc(Cl)cc12. The Morgan fingerprint density at radius 3 is 2.40 bits per heavy atom. The lowest BCUT2D eigenvalue weighted by Crippen LogP contribution is -2.12. The maximum atomic E-state index is 13.5. The van der Waals surface area contributed by atoms with E-state index in [4.69, 9.17) is 16.7 Å². The average molecular weight is 440 g/mol. The Kier molecular flexibility index (Phi) is 5.37. The van der Waals surface area contributed by atoms with Crippen molar-refractivity contribution in [2.45, 2.75) is 17.7 Å². The molecule has 4 aromatic rings. The van der Waals surface area contributed by atoms with E-state index in [1.165, 1.54) is 10.2 Å². The third-order valence-electron chi connectivity index (χ3n) is 4.92. The summed E-state index contributed by atoms with van der Waals surface area (Å²) < 4.78 is 28.2. The van der Waals surface area contributed by atoms with Gasteiger partial charge in [0, 0.05) is 23.0 Å². The molecule has 1 N–H and O–H groups in total. The molecule has 3 aromatic carbocycles. The lowest BCUT2D eigenvalue weighted by atomic mass is 10.1. The number of benzene rings is 3. The van der Waals surface area contributed by atoms with Crippen LogP contribution in [0.1, 0.15) is 12.0 Å². The number of hydrogen-bond donors (Lipinski definition) is 1. The molecule has 0 atom stereocenters. The van der Waals surface area contributed by atoms with E-state index in [1.54, 1.807) is 36.4 Å². The van der Waals surface area contributed by atoms with Gasteiger partial charge in [0.15, 0.2) is 0 Å². The second-order valence-corrected chi connectivity index (χ2v) is 9.16. The minimum absolute atomic E-state index is 0.102. The van der Waals surface area contributed by atoms with Gasteiger partial charge in [-0.15, -0.1) is 0 Å². The van der Waals surface area contributed by atoms with Crippen LogP contribution in [0.15, 0.2) is 83.9 Å². The summed E-state index contributed by atoms with van der Waals surface area (Å²) in [4.78, 5) is 11.2. The van der Waals surface area contributed by atoms with Crippen LogP contribution in [0.25, 0.3) is 22.0 Å². The van der Waals surface area contributed by atoms with E-state index < -0.39 is 16.0 Å². The molecule has 7 heteroatoms. The summed E-state index contributed by atoms with van der Waals surface area (Å²) in [5.74, 6) is -0.948. The minimum Gasteiger partial charge on any atom is -0.481 e. The highest BCUT2D eigenvalue weighted by molar-refractivity contribution is 7.90. The van der Waals surface area contributed by atoms with Gasteiger partial charge >= 0.3 is 5.97 Å². The van der Waals surface area contributed by atoms with Gasteiger partial charge in [0.2, 0.25) is 0 Å². The smallest absolute Gasteiger partial charge is 0.303 e. The number of fused-ring (bicyclic) bond motifs is 1. The van der Waals surface area contributed by atoms with Gasteiger partial charge < -0.3 is 5.11 Å². The normalized spacial score (nSPS) is 11.6. The fourth-order valence-electron chi connectivity index (χ4n) is 3.46. The Labute approximate surface area is 179 Å². The van der Waals surface area contributed by atoms with E-state index >= 15 is 0 Å². The number of nitrogens with zero attached hydrogens (tertiary/aromatic N) is 1. The summed E-state index contributed by atoms with van der Waals surface area (Å²) in [5.41, 5.74) is 2.80. The van der Waals surface area contributed by atoms with Crippen LogP contribution < -0.4 is 0 Å². The fourth-order valence-corrected chi connectivity index (χ4v) is 5.07. The average Bonchev–Trinajstić information content (AvgIpc) is 3.11. The molecule has 1 heterocycles. The number of halogens is 1. The Balaban J connectivity index is 1.84. The van der Waals surface area contributed by atoms with Crippen molar-refractivity contribution in [3.8, 4) is 11.1 Å². The first-order chi connectivity index (χ1) is 14.4. The molecule has 30 heavy (non-hydrogen) atoms. The van der Waals surface area contributed by atoms with Gasteiger partial charge in [-0.3, -0.25) is 4.79 Å². The van der Waals surface area contributed by atoms with Crippen molar-refractivity contribution in [1.82, 2.24) is 3.97 Å². The van der Waals surface area contributed by atoms with Crippen molar-refractivity contribution in [1.29, 1.82) is 0 Å². The predicted octanol–water partition coefficient (Wildman–Crippen LogP) is 5.22. The van der Waals surface area contributed by atoms with Crippen LogP contribution in [0.2, 0.25) is 5.02 Å². The van der Waals surface area contributed by atoms with Gasteiger partial charge in [-0.2, -0.15) is 0 Å². The molecule has 0 fully saturated rings. The van der Waals surface area contributed by atoms with Gasteiger partial charge in [0.25, 0.3) is 10.0 Å². The first kappa shape index (κ1) is 20.2. The standard InChI is InChI=1S/C23H18ClNO4S/c24-19-10-11-22-21(14-19)18(9-12-23(26)27)15-25(22)30(28,29)20-8-4-7-17(13-20)16-5-2-1-3-6-16/h1-8,10-11,13-15H,9,12H2,(H,26,27). The molecule has 152 valence electrons. The minimum atomic E-state index is -3.90. The molecule has 5 nitrogen and oxygen atoms in total. The Bertz CT molecular complexity index is 1340. The van der Waals surface area contributed by atoms with Gasteiger partial charge in [-0.05, 0) is 53.4 Å². The summed E-state index contributed by atoms with van der Waals surface area (Å²) in [6.07, 6.45) is 1.60. The van der Waals surface area contributed by atoms with Crippen molar-refractivity contribution in [3.05, 3.63) is 89.6 Å². The second kappa shape index (κ2) is 7.97. The Morgan fingerprint density at radius 2 is 1.67 bits per heavy atom. The highest BCUT2D eigenvalue weighted by Crippen LogP contribution is 2.30. The summed E-state index contributed by atoms with van der Waals surface area (Å²) in [6.45, 7) is 0. The van der Waals surface area contributed by atoms with Gasteiger partial charge in [0.05, 0.1) is 10.4 Å². The van der Waals surface area contributed by atoms with Crippen LogP contribution in [0.3, 0.4) is 0 Å². The van der Waals surface area contributed by atoms with E-state index in [0.29, 0.717) is 21.5 Å². The van der Waals surface area contributed by atoms with Crippen molar-refractivity contribution >= 4 is 38.5 Å². The molecular weight excluding hydrogens is 422 g/mol. The van der Waals surface area contributed by atoms with E-state index in [-0.39, 0.29) is 17.7 Å². The van der Waals surface area contributed by atoms with E-state index in [9.17, 15) is 13.2 Å². The molecule has 0 aliphatic carbocycles. The van der Waals surface area contributed by atoms with Crippen molar-refractivity contribution in [2.75, 3.05) is 0 Å². The van der Waals surface area contributed by atoms with Crippen LogP contribution in [0.5, 0.6) is 0 Å². The number of carbonyl (C=O) groups is 1. The molecule has 1 aromatic heterocycles.